The highest BCUT2D eigenvalue weighted by Crippen LogP contribution is 2.44. The summed E-state index contributed by atoms with van der Waals surface area (Å²) in [4.78, 5) is 30.1. The fourth-order valence-corrected chi connectivity index (χ4v) is 5.84. The number of nitrogens with zero attached hydrogens (tertiary/aromatic N) is 4. The molecule has 2 aliphatic rings. The van der Waals surface area contributed by atoms with Crippen LogP contribution in [-0.2, 0) is 17.8 Å². The lowest BCUT2D eigenvalue weighted by Gasteiger charge is -2.26. The summed E-state index contributed by atoms with van der Waals surface area (Å²) in [6.07, 6.45) is 1.17. The Labute approximate surface area is 239 Å². The molecule has 2 aliphatic heterocycles. The van der Waals surface area contributed by atoms with Gasteiger partial charge in [-0.15, -0.1) is 0 Å². The topological polar surface area (TPSA) is 86.1 Å². The molecule has 1 saturated heterocycles. The first-order valence-corrected chi connectivity index (χ1v) is 14.8. The molecule has 3 aromatic rings. The number of hydrogen-bond donors (Lipinski definition) is 0. The Kier molecular flexibility index (Phi) is 7.81. The molecule has 0 saturated carbocycles. The standard InChI is InChI=1S/C30H38N4O5S/c1-19(2)14-20-15-22-25(16-24(20)37-6)38-17-23-26(31-34(27(22)23)21-8-13-40-18-21)28(35)32-9-7-10-33(12-11-32)29(36)39-30(3,4)5/h8,13,15-16,18-19H,7,9-12,14,17H2,1-6H3. The Hall–Kier alpha value is -3.53. The van der Waals surface area contributed by atoms with Gasteiger partial charge in [-0.05, 0) is 62.6 Å². The number of fused-ring (bicyclic) bond motifs is 3. The van der Waals surface area contributed by atoms with E-state index >= 15 is 0 Å². The maximum atomic E-state index is 14.0. The Bertz CT molecular complexity index is 1390. The number of hydrogen-bond acceptors (Lipinski definition) is 7. The minimum Gasteiger partial charge on any atom is -0.496 e. The van der Waals surface area contributed by atoms with Crippen molar-refractivity contribution in [1.82, 2.24) is 19.6 Å². The van der Waals surface area contributed by atoms with Crippen LogP contribution in [0.25, 0.3) is 16.9 Å². The molecule has 5 rings (SSSR count). The zero-order valence-corrected chi connectivity index (χ0v) is 25.0. The van der Waals surface area contributed by atoms with Crippen LogP contribution in [-0.4, -0.2) is 70.5 Å². The second kappa shape index (κ2) is 11.2. The number of methoxy groups -OCH3 is 1. The van der Waals surface area contributed by atoms with Crippen molar-refractivity contribution in [3.05, 3.63) is 45.8 Å². The normalized spacial score (nSPS) is 15.3. The van der Waals surface area contributed by atoms with Crippen LogP contribution in [0.15, 0.2) is 29.0 Å². The first kappa shape index (κ1) is 28.0. The van der Waals surface area contributed by atoms with E-state index in [0.29, 0.717) is 44.2 Å². The Balaban J connectivity index is 1.50. The molecule has 40 heavy (non-hydrogen) atoms. The smallest absolute Gasteiger partial charge is 0.410 e. The van der Waals surface area contributed by atoms with Gasteiger partial charge in [0.05, 0.1) is 18.5 Å². The van der Waals surface area contributed by atoms with Gasteiger partial charge in [0.25, 0.3) is 5.91 Å². The molecule has 0 radical (unpaired) electrons. The molecule has 1 aromatic carbocycles. The molecule has 0 N–H and O–H groups in total. The average Bonchev–Trinajstić information content (AvgIpc) is 3.48. The summed E-state index contributed by atoms with van der Waals surface area (Å²) in [5.41, 5.74) is 4.37. The molecule has 214 valence electrons. The molecule has 0 spiro atoms. The lowest BCUT2D eigenvalue weighted by molar-refractivity contribution is 0.0255. The highest BCUT2D eigenvalue weighted by Gasteiger charge is 2.34. The van der Waals surface area contributed by atoms with Crippen molar-refractivity contribution >= 4 is 23.3 Å². The Morgan fingerprint density at radius 2 is 1.88 bits per heavy atom. The van der Waals surface area contributed by atoms with Crippen LogP contribution in [0.4, 0.5) is 4.79 Å². The van der Waals surface area contributed by atoms with Crippen molar-refractivity contribution in [3.63, 3.8) is 0 Å². The highest BCUT2D eigenvalue weighted by molar-refractivity contribution is 7.08. The number of rotatable bonds is 5. The van der Waals surface area contributed by atoms with Gasteiger partial charge in [0.1, 0.15) is 23.7 Å². The van der Waals surface area contributed by atoms with Crippen LogP contribution in [0.1, 0.15) is 62.7 Å². The third kappa shape index (κ3) is 5.68. The first-order valence-electron chi connectivity index (χ1n) is 13.8. The second-order valence-corrected chi connectivity index (χ2v) is 12.5. The van der Waals surface area contributed by atoms with Crippen LogP contribution in [0.5, 0.6) is 11.5 Å². The summed E-state index contributed by atoms with van der Waals surface area (Å²) in [6.45, 7) is 12.0. The summed E-state index contributed by atoms with van der Waals surface area (Å²) in [5, 5.41) is 8.92. The molecule has 0 aliphatic carbocycles. The van der Waals surface area contributed by atoms with Gasteiger partial charge in [0.15, 0.2) is 5.69 Å². The van der Waals surface area contributed by atoms with Gasteiger partial charge in [0, 0.05) is 48.8 Å². The second-order valence-electron chi connectivity index (χ2n) is 11.7. The number of amides is 2. The lowest BCUT2D eigenvalue weighted by atomic mass is 9.95. The fraction of sp³-hybridized carbons (Fsp3) is 0.500. The summed E-state index contributed by atoms with van der Waals surface area (Å²) in [7, 11) is 1.68. The number of carbonyl (C=O) groups is 2. The Morgan fingerprint density at radius 3 is 2.55 bits per heavy atom. The first-order chi connectivity index (χ1) is 19.1. The number of ether oxygens (including phenoxy) is 3. The zero-order chi connectivity index (χ0) is 28.6. The predicted octanol–water partition coefficient (Wildman–Crippen LogP) is 5.78. The Morgan fingerprint density at radius 1 is 1.12 bits per heavy atom. The monoisotopic (exact) mass is 566 g/mol. The van der Waals surface area contributed by atoms with E-state index in [4.69, 9.17) is 19.3 Å². The lowest BCUT2D eigenvalue weighted by Crippen LogP contribution is -2.40. The van der Waals surface area contributed by atoms with E-state index in [1.165, 1.54) is 0 Å². The summed E-state index contributed by atoms with van der Waals surface area (Å²) in [6, 6.07) is 6.07. The van der Waals surface area contributed by atoms with E-state index in [0.717, 1.165) is 46.0 Å². The minimum absolute atomic E-state index is 0.153. The van der Waals surface area contributed by atoms with E-state index in [9.17, 15) is 9.59 Å². The van der Waals surface area contributed by atoms with Gasteiger partial charge >= 0.3 is 6.09 Å². The molecule has 4 heterocycles. The predicted molar refractivity (Wildman–Crippen MR) is 155 cm³/mol. The van der Waals surface area contributed by atoms with Gasteiger partial charge in [0.2, 0.25) is 0 Å². The summed E-state index contributed by atoms with van der Waals surface area (Å²) in [5.74, 6) is 1.81. The summed E-state index contributed by atoms with van der Waals surface area (Å²) >= 11 is 1.58. The molecule has 2 aromatic heterocycles. The molecule has 9 nitrogen and oxygen atoms in total. The molecule has 10 heteroatoms. The number of benzene rings is 1. The number of aromatic nitrogens is 2. The van der Waals surface area contributed by atoms with E-state index in [-0.39, 0.29) is 18.6 Å². The molecule has 0 unspecified atom stereocenters. The SMILES string of the molecule is COc1cc2c(cc1CC(C)C)-c1c(c(C(=O)N3CCCN(C(=O)OC(C)(C)C)CC3)nn1-c1ccsc1)CO2. The quantitative estimate of drug-likeness (QED) is 0.389. The van der Waals surface area contributed by atoms with Gasteiger partial charge in [-0.2, -0.15) is 16.4 Å². The van der Waals surface area contributed by atoms with E-state index in [1.807, 2.05) is 48.3 Å². The van der Waals surface area contributed by atoms with E-state index in [2.05, 4.69) is 19.9 Å². The molecule has 0 bridgehead atoms. The van der Waals surface area contributed by atoms with Crippen LogP contribution in [0, 0.1) is 5.92 Å². The maximum absolute atomic E-state index is 14.0. The van der Waals surface area contributed by atoms with Gasteiger partial charge in [-0.1, -0.05) is 13.8 Å². The highest BCUT2D eigenvalue weighted by atomic mass is 32.1. The molecular formula is C30H38N4O5S. The molecule has 2 amide bonds. The average molecular weight is 567 g/mol. The van der Waals surface area contributed by atoms with Crippen LogP contribution in [0.2, 0.25) is 0 Å². The zero-order valence-electron chi connectivity index (χ0n) is 24.2. The van der Waals surface area contributed by atoms with E-state index in [1.54, 1.807) is 28.2 Å². The van der Waals surface area contributed by atoms with Gasteiger partial charge in [-0.3, -0.25) is 4.79 Å². The van der Waals surface area contributed by atoms with Crippen LogP contribution < -0.4 is 9.47 Å². The van der Waals surface area contributed by atoms with Crippen molar-refractivity contribution in [1.29, 1.82) is 0 Å². The van der Waals surface area contributed by atoms with Crippen molar-refractivity contribution in [2.45, 2.75) is 59.7 Å². The van der Waals surface area contributed by atoms with Gasteiger partial charge < -0.3 is 24.0 Å². The van der Waals surface area contributed by atoms with Crippen molar-refractivity contribution < 1.29 is 23.8 Å². The minimum atomic E-state index is -0.568. The molecule has 0 atom stereocenters. The number of thiophene rings is 1. The third-order valence-electron chi connectivity index (χ3n) is 7.01. The summed E-state index contributed by atoms with van der Waals surface area (Å²) < 4.78 is 19.3. The van der Waals surface area contributed by atoms with Crippen LogP contribution in [0.3, 0.4) is 0 Å². The molecule has 1 fully saturated rings. The largest absolute Gasteiger partial charge is 0.496 e. The van der Waals surface area contributed by atoms with E-state index < -0.39 is 5.60 Å². The van der Waals surface area contributed by atoms with Crippen molar-refractivity contribution in [3.8, 4) is 28.4 Å². The van der Waals surface area contributed by atoms with Crippen LogP contribution >= 0.6 is 11.3 Å². The third-order valence-corrected chi connectivity index (χ3v) is 7.68. The fourth-order valence-electron chi connectivity index (χ4n) is 5.23. The van der Waals surface area contributed by atoms with Gasteiger partial charge in [-0.25, -0.2) is 9.48 Å². The van der Waals surface area contributed by atoms with Crippen molar-refractivity contribution in [2.75, 3.05) is 33.3 Å². The maximum Gasteiger partial charge on any atom is 0.410 e. The molecular weight excluding hydrogens is 528 g/mol. The van der Waals surface area contributed by atoms with Crippen molar-refractivity contribution in [2.24, 2.45) is 5.92 Å². The number of carbonyl (C=O) groups excluding carboxylic acids is 2.